The third-order valence-corrected chi connectivity index (χ3v) is 2.78. The lowest BCUT2D eigenvalue weighted by Gasteiger charge is -2.23. The smallest absolute Gasteiger partial charge is 0.0306 e. The summed E-state index contributed by atoms with van der Waals surface area (Å²) in [7, 11) is 0. The second kappa shape index (κ2) is 2.88. The largest absolute Gasteiger partial charge is 0.368 e. The van der Waals surface area contributed by atoms with Gasteiger partial charge in [-0.15, -0.1) is 0 Å². The van der Waals surface area contributed by atoms with E-state index in [4.69, 9.17) is 0 Å². The fourth-order valence-corrected chi connectivity index (χ4v) is 2.06. The molecule has 1 aromatic carbocycles. The number of dihydropyridines is 1. The zero-order valence-corrected chi connectivity index (χ0v) is 7.77. The van der Waals surface area contributed by atoms with Crippen LogP contribution in [0.25, 0.3) is 6.08 Å². The summed E-state index contributed by atoms with van der Waals surface area (Å²) in [5.41, 5.74) is 4.08. The van der Waals surface area contributed by atoms with Crippen LogP contribution in [0.1, 0.15) is 17.0 Å². The van der Waals surface area contributed by atoms with Crippen molar-refractivity contribution in [2.45, 2.75) is 5.92 Å². The molecule has 1 aromatic rings. The molecule has 0 radical (unpaired) electrons. The maximum atomic E-state index is 3.12. The molecule has 1 heterocycles. The molecule has 0 spiro atoms. The van der Waals surface area contributed by atoms with E-state index < -0.39 is 0 Å². The van der Waals surface area contributed by atoms with Crippen molar-refractivity contribution >= 4 is 6.08 Å². The maximum Gasteiger partial charge on any atom is 0.0306 e. The van der Waals surface area contributed by atoms with E-state index in [2.05, 4.69) is 54.0 Å². The van der Waals surface area contributed by atoms with E-state index in [-0.39, 0.29) is 0 Å². The molecule has 3 rings (SSSR count). The zero-order chi connectivity index (χ0) is 9.38. The molecule has 1 aliphatic heterocycles. The van der Waals surface area contributed by atoms with Crippen LogP contribution in [-0.2, 0) is 0 Å². The lowest BCUT2D eigenvalue weighted by molar-refractivity contribution is 0.938. The summed E-state index contributed by atoms with van der Waals surface area (Å²) >= 11 is 0. The average Bonchev–Trinajstić information content (AvgIpc) is 2.29. The third kappa shape index (κ3) is 1.02. The van der Waals surface area contributed by atoms with E-state index in [1.54, 1.807) is 0 Å². The number of allylic oxidation sites excluding steroid dienone is 3. The van der Waals surface area contributed by atoms with E-state index in [1.165, 1.54) is 16.7 Å². The molecular formula is C13H11N. The first kappa shape index (κ1) is 7.63. The highest BCUT2D eigenvalue weighted by atomic mass is 14.8. The van der Waals surface area contributed by atoms with Gasteiger partial charge in [0.1, 0.15) is 0 Å². The molecule has 14 heavy (non-hydrogen) atoms. The predicted molar refractivity (Wildman–Crippen MR) is 58.6 cm³/mol. The van der Waals surface area contributed by atoms with E-state index in [1.807, 2.05) is 6.20 Å². The summed E-state index contributed by atoms with van der Waals surface area (Å²) in [6, 6.07) is 8.56. The van der Waals surface area contributed by atoms with Gasteiger partial charge in [-0.1, -0.05) is 42.5 Å². The molecule has 1 atom stereocenters. The van der Waals surface area contributed by atoms with Crippen molar-refractivity contribution in [3.05, 3.63) is 65.5 Å². The van der Waals surface area contributed by atoms with Crippen LogP contribution in [0.3, 0.4) is 0 Å². The summed E-state index contributed by atoms with van der Waals surface area (Å²) in [5, 5.41) is 3.12. The number of rotatable bonds is 0. The van der Waals surface area contributed by atoms with Crippen LogP contribution < -0.4 is 5.32 Å². The normalized spacial score (nSPS) is 22.0. The first-order valence-electron chi connectivity index (χ1n) is 4.85. The summed E-state index contributed by atoms with van der Waals surface area (Å²) in [6.45, 7) is 0. The molecule has 0 amide bonds. The lowest BCUT2D eigenvalue weighted by Crippen LogP contribution is -2.12. The van der Waals surface area contributed by atoms with Gasteiger partial charge in [-0.2, -0.15) is 0 Å². The molecular weight excluding hydrogens is 170 g/mol. The first-order valence-corrected chi connectivity index (χ1v) is 4.85. The molecule has 1 nitrogen and oxygen atoms in total. The molecule has 1 unspecified atom stereocenters. The SMILES string of the molecule is C1=CC2C(=CN1)C=Cc1ccccc12. The Morgan fingerprint density at radius 1 is 1.07 bits per heavy atom. The van der Waals surface area contributed by atoms with Crippen LogP contribution in [0.2, 0.25) is 0 Å². The van der Waals surface area contributed by atoms with E-state index in [0.717, 1.165) is 0 Å². The fraction of sp³-hybridized carbons (Fsp3) is 0.0769. The van der Waals surface area contributed by atoms with Gasteiger partial charge in [0.15, 0.2) is 0 Å². The summed E-state index contributed by atoms with van der Waals surface area (Å²) < 4.78 is 0. The Hall–Kier alpha value is -1.76. The van der Waals surface area contributed by atoms with Crippen molar-refractivity contribution in [3.63, 3.8) is 0 Å². The Kier molecular flexibility index (Phi) is 1.57. The highest BCUT2D eigenvalue weighted by Gasteiger charge is 2.19. The molecule has 68 valence electrons. The second-order valence-corrected chi connectivity index (χ2v) is 3.61. The number of nitrogens with one attached hydrogen (secondary N) is 1. The molecule has 1 N–H and O–H groups in total. The van der Waals surface area contributed by atoms with Crippen LogP contribution in [0, 0.1) is 0 Å². The van der Waals surface area contributed by atoms with E-state index >= 15 is 0 Å². The van der Waals surface area contributed by atoms with Crippen molar-refractivity contribution in [2.75, 3.05) is 0 Å². The molecule has 1 aliphatic carbocycles. The third-order valence-electron chi connectivity index (χ3n) is 2.78. The number of hydrogen-bond acceptors (Lipinski definition) is 1. The Labute approximate surface area is 83.5 Å². The van der Waals surface area contributed by atoms with Gasteiger partial charge in [0.05, 0.1) is 0 Å². The Bertz CT molecular complexity index is 452. The van der Waals surface area contributed by atoms with Crippen molar-refractivity contribution < 1.29 is 0 Å². The Morgan fingerprint density at radius 2 is 2.00 bits per heavy atom. The molecule has 2 aliphatic rings. The van der Waals surface area contributed by atoms with Crippen LogP contribution >= 0.6 is 0 Å². The molecule has 0 bridgehead atoms. The number of hydrogen-bond donors (Lipinski definition) is 1. The molecule has 0 saturated carbocycles. The zero-order valence-electron chi connectivity index (χ0n) is 7.77. The molecule has 0 saturated heterocycles. The van der Waals surface area contributed by atoms with Crippen molar-refractivity contribution in [1.82, 2.24) is 5.32 Å². The van der Waals surface area contributed by atoms with Crippen LogP contribution in [0.15, 0.2) is 54.4 Å². The van der Waals surface area contributed by atoms with Gasteiger partial charge in [-0.3, -0.25) is 0 Å². The van der Waals surface area contributed by atoms with Gasteiger partial charge in [0, 0.05) is 12.1 Å². The van der Waals surface area contributed by atoms with E-state index in [0.29, 0.717) is 5.92 Å². The highest BCUT2D eigenvalue weighted by molar-refractivity contribution is 5.65. The molecule has 1 heteroatoms. The van der Waals surface area contributed by atoms with Crippen molar-refractivity contribution in [2.24, 2.45) is 0 Å². The topological polar surface area (TPSA) is 12.0 Å². The molecule has 0 fully saturated rings. The summed E-state index contributed by atoms with van der Waals surface area (Å²) in [5.74, 6) is 0.442. The second-order valence-electron chi connectivity index (χ2n) is 3.61. The molecule has 0 aromatic heterocycles. The summed E-state index contributed by atoms with van der Waals surface area (Å²) in [6.07, 6.45) is 10.6. The number of fused-ring (bicyclic) bond motifs is 3. The summed E-state index contributed by atoms with van der Waals surface area (Å²) in [4.78, 5) is 0. The average molecular weight is 181 g/mol. The standard InChI is InChI=1S/C13H11N/c1-2-4-12-10(3-1)5-6-11-9-14-8-7-13(11)12/h1-9,13-14H. The maximum absolute atomic E-state index is 3.12. The number of benzene rings is 1. The highest BCUT2D eigenvalue weighted by Crippen LogP contribution is 2.35. The minimum Gasteiger partial charge on any atom is -0.368 e. The predicted octanol–water partition coefficient (Wildman–Crippen LogP) is 2.80. The van der Waals surface area contributed by atoms with Crippen molar-refractivity contribution in [1.29, 1.82) is 0 Å². The lowest BCUT2D eigenvalue weighted by atomic mass is 9.83. The van der Waals surface area contributed by atoms with Gasteiger partial charge in [-0.05, 0) is 22.9 Å². The quantitative estimate of drug-likeness (QED) is 0.649. The minimum atomic E-state index is 0.442. The van der Waals surface area contributed by atoms with Crippen LogP contribution in [0.4, 0.5) is 0 Å². The van der Waals surface area contributed by atoms with E-state index in [9.17, 15) is 0 Å². The Balaban J connectivity index is 2.19. The van der Waals surface area contributed by atoms with Gasteiger partial charge in [0.2, 0.25) is 0 Å². The fourth-order valence-electron chi connectivity index (χ4n) is 2.06. The minimum absolute atomic E-state index is 0.442. The van der Waals surface area contributed by atoms with Crippen LogP contribution in [-0.4, -0.2) is 0 Å². The van der Waals surface area contributed by atoms with Gasteiger partial charge in [-0.25, -0.2) is 0 Å². The Morgan fingerprint density at radius 3 is 3.00 bits per heavy atom. The van der Waals surface area contributed by atoms with Gasteiger partial charge < -0.3 is 5.32 Å². The first-order chi connectivity index (χ1) is 6.95. The monoisotopic (exact) mass is 181 g/mol. The van der Waals surface area contributed by atoms with Crippen LogP contribution in [0.5, 0.6) is 0 Å². The van der Waals surface area contributed by atoms with Gasteiger partial charge in [0.25, 0.3) is 0 Å². The van der Waals surface area contributed by atoms with Crippen molar-refractivity contribution in [3.8, 4) is 0 Å². The van der Waals surface area contributed by atoms with Gasteiger partial charge >= 0.3 is 0 Å².